The van der Waals surface area contributed by atoms with Gasteiger partial charge in [0.25, 0.3) is 5.91 Å². The maximum absolute atomic E-state index is 12.5. The number of carbonyl (C=O) groups is 2. The fourth-order valence-corrected chi connectivity index (χ4v) is 3.74. The first-order chi connectivity index (χ1) is 13.9. The van der Waals surface area contributed by atoms with Crippen LogP contribution in [0.15, 0.2) is 34.9 Å². The molecule has 0 fully saturated rings. The third-order valence-corrected chi connectivity index (χ3v) is 5.29. The number of primary amides is 1. The molecule has 150 valence electrons. The number of carbonyl (C=O) groups excluding carboxylic acids is 2. The van der Waals surface area contributed by atoms with E-state index in [1.165, 1.54) is 0 Å². The molecule has 8 heteroatoms. The molecule has 7 nitrogen and oxygen atoms in total. The second-order valence-corrected chi connectivity index (χ2v) is 7.59. The van der Waals surface area contributed by atoms with Gasteiger partial charge in [-0.25, -0.2) is 0 Å². The minimum atomic E-state index is -0.461. The van der Waals surface area contributed by atoms with Gasteiger partial charge in [0.2, 0.25) is 5.91 Å². The van der Waals surface area contributed by atoms with E-state index in [1.807, 2.05) is 42.1 Å². The largest absolute Gasteiger partial charge is 0.455 e. The molecule has 0 saturated carbocycles. The van der Waals surface area contributed by atoms with Crippen molar-refractivity contribution in [2.24, 2.45) is 5.73 Å². The molecule has 0 aliphatic heterocycles. The Morgan fingerprint density at radius 2 is 2.03 bits per heavy atom. The number of nitrogens with one attached hydrogen (secondary N) is 1. The molecule has 2 heterocycles. The first-order valence-corrected chi connectivity index (χ1v) is 9.80. The van der Waals surface area contributed by atoms with E-state index in [0.29, 0.717) is 18.0 Å². The van der Waals surface area contributed by atoms with Crippen LogP contribution in [0, 0.1) is 6.92 Å². The third kappa shape index (κ3) is 3.91. The van der Waals surface area contributed by atoms with Crippen molar-refractivity contribution in [2.45, 2.75) is 32.7 Å². The van der Waals surface area contributed by atoms with Crippen LogP contribution in [-0.2, 0) is 24.2 Å². The number of halogens is 1. The molecule has 0 radical (unpaired) electrons. The van der Waals surface area contributed by atoms with Crippen molar-refractivity contribution in [3.63, 3.8) is 0 Å². The SMILES string of the molecule is Cc1c(C(=O)NCCC(N)=O)oc2c1-c1nn(Cc3ccc(Cl)cc3)cc1CC2. The summed E-state index contributed by atoms with van der Waals surface area (Å²) in [6.07, 6.45) is 3.65. The van der Waals surface area contributed by atoms with E-state index in [1.54, 1.807) is 0 Å². The summed E-state index contributed by atoms with van der Waals surface area (Å²) in [5, 5.41) is 8.14. The van der Waals surface area contributed by atoms with Crippen LogP contribution < -0.4 is 11.1 Å². The van der Waals surface area contributed by atoms with Gasteiger partial charge in [0.05, 0.1) is 12.2 Å². The second kappa shape index (κ2) is 7.75. The molecule has 1 aliphatic carbocycles. The number of aryl methyl sites for hydroxylation is 2. The van der Waals surface area contributed by atoms with Gasteiger partial charge in [0.15, 0.2) is 5.76 Å². The van der Waals surface area contributed by atoms with Crippen LogP contribution in [0.2, 0.25) is 5.02 Å². The Bertz CT molecular complexity index is 1080. The van der Waals surface area contributed by atoms with Gasteiger partial charge >= 0.3 is 0 Å². The lowest BCUT2D eigenvalue weighted by molar-refractivity contribution is -0.117. The molecule has 2 amide bonds. The lowest BCUT2D eigenvalue weighted by atomic mass is 9.93. The zero-order valence-electron chi connectivity index (χ0n) is 16.0. The van der Waals surface area contributed by atoms with Crippen molar-refractivity contribution in [3.05, 3.63) is 63.7 Å². The number of nitrogens with two attached hydrogens (primary N) is 1. The van der Waals surface area contributed by atoms with E-state index >= 15 is 0 Å². The molecule has 0 bridgehead atoms. The van der Waals surface area contributed by atoms with E-state index in [2.05, 4.69) is 5.32 Å². The van der Waals surface area contributed by atoms with Gasteiger partial charge in [-0.1, -0.05) is 23.7 Å². The first-order valence-electron chi connectivity index (χ1n) is 9.42. The highest BCUT2D eigenvalue weighted by Gasteiger charge is 2.29. The molecule has 0 spiro atoms. The number of amides is 2. The van der Waals surface area contributed by atoms with Gasteiger partial charge in [-0.15, -0.1) is 0 Å². The predicted octanol–water partition coefficient (Wildman–Crippen LogP) is 2.86. The second-order valence-electron chi connectivity index (χ2n) is 7.15. The minimum Gasteiger partial charge on any atom is -0.455 e. The van der Waals surface area contributed by atoms with Gasteiger partial charge in [-0.3, -0.25) is 14.3 Å². The Labute approximate surface area is 172 Å². The summed E-state index contributed by atoms with van der Waals surface area (Å²) < 4.78 is 7.77. The van der Waals surface area contributed by atoms with E-state index in [9.17, 15) is 9.59 Å². The number of hydrogen-bond acceptors (Lipinski definition) is 4. The topological polar surface area (TPSA) is 103 Å². The molecule has 0 unspecified atom stereocenters. The number of rotatable bonds is 6. The van der Waals surface area contributed by atoms with E-state index in [4.69, 9.17) is 26.9 Å². The van der Waals surface area contributed by atoms with Crippen molar-refractivity contribution < 1.29 is 14.0 Å². The summed E-state index contributed by atoms with van der Waals surface area (Å²) in [5.41, 5.74) is 9.86. The average Bonchev–Trinajstić information content (AvgIpc) is 3.23. The smallest absolute Gasteiger partial charge is 0.287 e. The zero-order valence-corrected chi connectivity index (χ0v) is 16.8. The monoisotopic (exact) mass is 412 g/mol. The van der Waals surface area contributed by atoms with Crippen LogP contribution in [0.3, 0.4) is 0 Å². The highest BCUT2D eigenvalue weighted by molar-refractivity contribution is 6.30. The number of benzene rings is 1. The summed E-state index contributed by atoms with van der Waals surface area (Å²) in [5.74, 6) is 0.225. The fraction of sp³-hybridized carbons (Fsp3) is 0.286. The number of furan rings is 1. The normalized spacial score (nSPS) is 12.3. The van der Waals surface area contributed by atoms with Crippen molar-refractivity contribution in [1.82, 2.24) is 15.1 Å². The molecule has 0 saturated heterocycles. The van der Waals surface area contributed by atoms with E-state index < -0.39 is 5.91 Å². The van der Waals surface area contributed by atoms with Crippen LogP contribution in [0.4, 0.5) is 0 Å². The number of hydrogen-bond donors (Lipinski definition) is 2. The standard InChI is InChI=1S/C21H21ClN4O3/c1-12-18-16(29-20(12)21(28)24-9-8-17(23)27)7-4-14-11-26(25-19(14)18)10-13-2-5-15(22)6-3-13/h2-3,5-6,11H,4,7-10H2,1H3,(H2,23,27)(H,24,28). The Morgan fingerprint density at radius 1 is 1.28 bits per heavy atom. The number of aromatic nitrogens is 2. The molecular weight excluding hydrogens is 392 g/mol. The van der Waals surface area contributed by atoms with Gasteiger partial charge in [0.1, 0.15) is 5.76 Å². The van der Waals surface area contributed by atoms with E-state index in [0.717, 1.165) is 40.1 Å². The van der Waals surface area contributed by atoms with Crippen LogP contribution in [0.5, 0.6) is 0 Å². The summed E-state index contributed by atoms with van der Waals surface area (Å²) in [7, 11) is 0. The van der Waals surface area contributed by atoms with Crippen molar-refractivity contribution in [1.29, 1.82) is 0 Å². The van der Waals surface area contributed by atoms with Crippen LogP contribution in [0.25, 0.3) is 11.3 Å². The summed E-state index contributed by atoms with van der Waals surface area (Å²) in [4.78, 5) is 23.3. The summed E-state index contributed by atoms with van der Waals surface area (Å²) in [6.45, 7) is 2.68. The Kier molecular flexibility index (Phi) is 5.15. The maximum Gasteiger partial charge on any atom is 0.287 e. The molecular formula is C21H21ClN4O3. The van der Waals surface area contributed by atoms with Crippen LogP contribution >= 0.6 is 11.6 Å². The van der Waals surface area contributed by atoms with Crippen LogP contribution in [0.1, 0.15) is 39.4 Å². The molecule has 1 aliphatic rings. The molecule has 3 aromatic rings. The zero-order chi connectivity index (χ0) is 20.5. The van der Waals surface area contributed by atoms with Crippen molar-refractivity contribution in [2.75, 3.05) is 6.54 Å². The summed E-state index contributed by atoms with van der Waals surface area (Å²) >= 11 is 5.96. The minimum absolute atomic E-state index is 0.0878. The summed E-state index contributed by atoms with van der Waals surface area (Å²) in [6, 6.07) is 7.68. The molecule has 0 atom stereocenters. The van der Waals surface area contributed by atoms with Gasteiger partial charge in [-0.05, 0) is 36.6 Å². The van der Waals surface area contributed by atoms with E-state index in [-0.39, 0.29) is 24.6 Å². The highest BCUT2D eigenvalue weighted by Crippen LogP contribution is 2.38. The first kappa shape index (κ1) is 19.3. The lowest BCUT2D eigenvalue weighted by Gasteiger charge is -2.09. The van der Waals surface area contributed by atoms with Gasteiger partial charge < -0.3 is 15.5 Å². The molecule has 3 N–H and O–H groups in total. The van der Waals surface area contributed by atoms with Crippen LogP contribution in [-0.4, -0.2) is 28.1 Å². The molecule has 4 rings (SSSR count). The lowest BCUT2D eigenvalue weighted by Crippen LogP contribution is -2.28. The fourth-order valence-electron chi connectivity index (χ4n) is 3.62. The van der Waals surface area contributed by atoms with Crippen molar-refractivity contribution >= 4 is 23.4 Å². The third-order valence-electron chi connectivity index (χ3n) is 5.04. The van der Waals surface area contributed by atoms with Crippen molar-refractivity contribution in [3.8, 4) is 11.3 Å². The van der Waals surface area contributed by atoms with Gasteiger partial charge in [0, 0.05) is 41.7 Å². The Hall–Kier alpha value is -3.06. The Balaban J connectivity index is 1.58. The predicted molar refractivity (Wildman–Crippen MR) is 109 cm³/mol. The molecule has 1 aromatic carbocycles. The quantitative estimate of drug-likeness (QED) is 0.649. The highest BCUT2D eigenvalue weighted by atomic mass is 35.5. The Morgan fingerprint density at radius 3 is 2.76 bits per heavy atom. The number of nitrogens with zero attached hydrogens (tertiary/aromatic N) is 2. The molecule has 2 aromatic heterocycles. The average molecular weight is 413 g/mol. The maximum atomic E-state index is 12.5. The molecule has 29 heavy (non-hydrogen) atoms. The number of fused-ring (bicyclic) bond motifs is 3. The van der Waals surface area contributed by atoms with Gasteiger partial charge in [-0.2, -0.15) is 5.10 Å².